The van der Waals surface area contributed by atoms with Gasteiger partial charge in [0.05, 0.1) is 20.3 Å². The predicted octanol–water partition coefficient (Wildman–Crippen LogP) is 1.82. The van der Waals surface area contributed by atoms with E-state index in [-0.39, 0.29) is 12.6 Å². The van der Waals surface area contributed by atoms with Crippen molar-refractivity contribution in [3.05, 3.63) is 24.3 Å². The van der Waals surface area contributed by atoms with Crippen LogP contribution in [0.4, 0.5) is 0 Å². The smallest absolute Gasteiger partial charge is 0.119 e. The SMILES string of the molecule is CCCNC(CO)CCOc1ccc(OC)cc1. The molecule has 0 spiro atoms. The minimum absolute atomic E-state index is 0.114. The Labute approximate surface area is 109 Å². The molecule has 18 heavy (non-hydrogen) atoms. The number of rotatable bonds is 9. The van der Waals surface area contributed by atoms with Crippen LogP contribution < -0.4 is 14.8 Å². The number of aliphatic hydroxyl groups excluding tert-OH is 1. The molecule has 0 amide bonds. The maximum atomic E-state index is 9.18. The largest absolute Gasteiger partial charge is 0.497 e. The van der Waals surface area contributed by atoms with E-state index in [4.69, 9.17) is 9.47 Å². The van der Waals surface area contributed by atoms with Gasteiger partial charge in [0.15, 0.2) is 0 Å². The molecule has 1 unspecified atom stereocenters. The van der Waals surface area contributed by atoms with E-state index >= 15 is 0 Å². The van der Waals surface area contributed by atoms with Gasteiger partial charge < -0.3 is 19.9 Å². The zero-order valence-electron chi connectivity index (χ0n) is 11.2. The van der Waals surface area contributed by atoms with Gasteiger partial charge in [-0.05, 0) is 43.7 Å². The quantitative estimate of drug-likeness (QED) is 0.705. The molecule has 0 saturated heterocycles. The highest BCUT2D eigenvalue weighted by Crippen LogP contribution is 2.17. The Bertz CT molecular complexity index is 313. The minimum Gasteiger partial charge on any atom is -0.497 e. The van der Waals surface area contributed by atoms with Crippen LogP contribution in [0.2, 0.25) is 0 Å². The van der Waals surface area contributed by atoms with Crippen LogP contribution in [-0.2, 0) is 0 Å². The van der Waals surface area contributed by atoms with Gasteiger partial charge in [0.1, 0.15) is 11.5 Å². The summed E-state index contributed by atoms with van der Waals surface area (Å²) in [5.41, 5.74) is 0. The van der Waals surface area contributed by atoms with Crippen molar-refractivity contribution < 1.29 is 14.6 Å². The molecule has 0 aliphatic carbocycles. The van der Waals surface area contributed by atoms with Crippen molar-refractivity contribution in [2.24, 2.45) is 0 Å². The monoisotopic (exact) mass is 253 g/mol. The maximum absolute atomic E-state index is 9.18. The van der Waals surface area contributed by atoms with E-state index < -0.39 is 0 Å². The van der Waals surface area contributed by atoms with Gasteiger partial charge in [-0.15, -0.1) is 0 Å². The number of hydrogen-bond acceptors (Lipinski definition) is 4. The fourth-order valence-electron chi connectivity index (χ4n) is 1.60. The lowest BCUT2D eigenvalue weighted by Crippen LogP contribution is -2.34. The summed E-state index contributed by atoms with van der Waals surface area (Å²) in [6.45, 7) is 3.77. The Morgan fingerprint density at radius 2 is 1.89 bits per heavy atom. The van der Waals surface area contributed by atoms with Crippen molar-refractivity contribution in [3.63, 3.8) is 0 Å². The molecule has 4 heteroatoms. The van der Waals surface area contributed by atoms with E-state index in [9.17, 15) is 5.11 Å². The summed E-state index contributed by atoms with van der Waals surface area (Å²) in [5.74, 6) is 1.64. The molecule has 0 aliphatic heterocycles. The number of ether oxygens (including phenoxy) is 2. The zero-order valence-corrected chi connectivity index (χ0v) is 11.2. The highest BCUT2D eigenvalue weighted by Gasteiger charge is 2.06. The molecular weight excluding hydrogens is 230 g/mol. The van der Waals surface area contributed by atoms with Gasteiger partial charge in [0, 0.05) is 6.04 Å². The van der Waals surface area contributed by atoms with E-state index in [2.05, 4.69) is 12.2 Å². The molecule has 0 heterocycles. The summed E-state index contributed by atoms with van der Waals surface area (Å²) < 4.78 is 10.7. The Hall–Kier alpha value is -1.26. The summed E-state index contributed by atoms with van der Waals surface area (Å²) in [4.78, 5) is 0. The van der Waals surface area contributed by atoms with E-state index in [0.29, 0.717) is 6.61 Å². The van der Waals surface area contributed by atoms with Gasteiger partial charge in [-0.3, -0.25) is 0 Å². The van der Waals surface area contributed by atoms with Crippen LogP contribution in [0.25, 0.3) is 0 Å². The third-order valence-corrected chi connectivity index (χ3v) is 2.70. The Morgan fingerprint density at radius 1 is 1.22 bits per heavy atom. The van der Waals surface area contributed by atoms with Gasteiger partial charge >= 0.3 is 0 Å². The normalized spacial score (nSPS) is 12.2. The highest BCUT2D eigenvalue weighted by molar-refractivity contribution is 5.31. The number of nitrogens with one attached hydrogen (secondary N) is 1. The fourth-order valence-corrected chi connectivity index (χ4v) is 1.60. The van der Waals surface area contributed by atoms with Gasteiger partial charge in [-0.25, -0.2) is 0 Å². The average molecular weight is 253 g/mol. The number of methoxy groups -OCH3 is 1. The molecule has 0 fully saturated rings. The first kappa shape index (κ1) is 14.8. The molecule has 1 rings (SSSR count). The first-order valence-corrected chi connectivity index (χ1v) is 6.41. The zero-order chi connectivity index (χ0) is 13.2. The summed E-state index contributed by atoms with van der Waals surface area (Å²) >= 11 is 0. The van der Waals surface area contributed by atoms with Crippen molar-refractivity contribution in [3.8, 4) is 11.5 Å². The van der Waals surface area contributed by atoms with Crippen LogP contribution in [0.5, 0.6) is 11.5 Å². The summed E-state index contributed by atoms with van der Waals surface area (Å²) in [5, 5.41) is 12.5. The Kier molecular flexibility index (Phi) is 7.22. The average Bonchev–Trinajstić information content (AvgIpc) is 2.43. The van der Waals surface area contributed by atoms with Crippen molar-refractivity contribution >= 4 is 0 Å². The lowest BCUT2D eigenvalue weighted by molar-refractivity contribution is 0.209. The second kappa shape index (κ2) is 8.78. The van der Waals surface area contributed by atoms with Crippen LogP contribution in [0.15, 0.2) is 24.3 Å². The first-order chi connectivity index (χ1) is 8.80. The second-order valence-electron chi connectivity index (χ2n) is 4.15. The predicted molar refractivity (Wildman–Crippen MR) is 72.3 cm³/mol. The molecule has 102 valence electrons. The summed E-state index contributed by atoms with van der Waals surface area (Å²) in [6.07, 6.45) is 1.86. The van der Waals surface area contributed by atoms with E-state index in [1.807, 2.05) is 24.3 Å². The molecule has 0 aromatic heterocycles. The van der Waals surface area contributed by atoms with E-state index in [1.54, 1.807) is 7.11 Å². The van der Waals surface area contributed by atoms with Gasteiger partial charge in [0.25, 0.3) is 0 Å². The molecule has 1 aromatic carbocycles. The standard InChI is InChI=1S/C14H23NO3/c1-3-9-15-12(11-16)8-10-18-14-6-4-13(17-2)5-7-14/h4-7,12,15-16H,3,8-11H2,1-2H3. The molecule has 2 N–H and O–H groups in total. The van der Waals surface area contributed by atoms with E-state index in [1.165, 1.54) is 0 Å². The Morgan fingerprint density at radius 3 is 2.44 bits per heavy atom. The lowest BCUT2D eigenvalue weighted by Gasteiger charge is -2.16. The van der Waals surface area contributed by atoms with Crippen molar-refractivity contribution in [2.45, 2.75) is 25.8 Å². The third kappa shape index (κ3) is 5.38. The molecule has 1 atom stereocenters. The summed E-state index contributed by atoms with van der Waals surface area (Å²) in [7, 11) is 1.64. The molecule has 4 nitrogen and oxygen atoms in total. The number of aliphatic hydroxyl groups is 1. The minimum atomic E-state index is 0.114. The van der Waals surface area contributed by atoms with Crippen LogP contribution in [0.3, 0.4) is 0 Å². The molecule has 1 aromatic rings. The fraction of sp³-hybridized carbons (Fsp3) is 0.571. The van der Waals surface area contributed by atoms with Crippen molar-refractivity contribution in [1.82, 2.24) is 5.32 Å². The van der Waals surface area contributed by atoms with Crippen molar-refractivity contribution in [2.75, 3.05) is 26.9 Å². The van der Waals surface area contributed by atoms with Crippen molar-refractivity contribution in [1.29, 1.82) is 0 Å². The van der Waals surface area contributed by atoms with Crippen LogP contribution in [-0.4, -0.2) is 38.0 Å². The molecule has 0 saturated carbocycles. The van der Waals surface area contributed by atoms with Crippen LogP contribution in [0.1, 0.15) is 19.8 Å². The van der Waals surface area contributed by atoms with Crippen LogP contribution >= 0.6 is 0 Å². The van der Waals surface area contributed by atoms with Gasteiger partial charge in [-0.1, -0.05) is 6.92 Å². The Balaban J connectivity index is 2.26. The van der Waals surface area contributed by atoms with Gasteiger partial charge in [0.2, 0.25) is 0 Å². The van der Waals surface area contributed by atoms with Crippen LogP contribution in [0, 0.1) is 0 Å². The highest BCUT2D eigenvalue weighted by atomic mass is 16.5. The second-order valence-corrected chi connectivity index (χ2v) is 4.15. The molecule has 0 aliphatic rings. The topological polar surface area (TPSA) is 50.7 Å². The third-order valence-electron chi connectivity index (χ3n) is 2.70. The molecular formula is C14H23NO3. The molecule has 0 bridgehead atoms. The lowest BCUT2D eigenvalue weighted by atomic mass is 10.2. The maximum Gasteiger partial charge on any atom is 0.119 e. The number of hydrogen-bond donors (Lipinski definition) is 2. The summed E-state index contributed by atoms with van der Waals surface area (Å²) in [6, 6.07) is 7.61. The first-order valence-electron chi connectivity index (χ1n) is 6.41. The number of benzene rings is 1. The van der Waals surface area contributed by atoms with E-state index in [0.717, 1.165) is 30.9 Å². The van der Waals surface area contributed by atoms with Gasteiger partial charge in [-0.2, -0.15) is 0 Å². The molecule has 0 radical (unpaired) electrons.